The zero-order valence-corrected chi connectivity index (χ0v) is 12.5. The molecular weight excluding hydrogens is 294 g/mol. The molecule has 110 valence electrons. The minimum atomic E-state index is -0.894. The smallest absolute Gasteiger partial charge is 0.163 e. The molecule has 3 rings (SSSR count). The minimum absolute atomic E-state index is 0.148. The van der Waals surface area contributed by atoms with E-state index in [0.717, 1.165) is 29.4 Å². The van der Waals surface area contributed by atoms with Gasteiger partial charge in [0.2, 0.25) is 0 Å². The second-order valence-electron chi connectivity index (χ2n) is 5.91. The lowest BCUT2D eigenvalue weighted by molar-refractivity contribution is 0.138. The molecule has 0 saturated carbocycles. The lowest BCUT2D eigenvalue weighted by Gasteiger charge is -2.16. The molecule has 4 heteroatoms. The number of hydrogen-bond donors (Lipinski definition) is 0. The van der Waals surface area contributed by atoms with Crippen LogP contribution in [0, 0.1) is 11.6 Å². The minimum Gasteiger partial charge on any atom is -0.487 e. The van der Waals surface area contributed by atoms with Crippen molar-refractivity contribution in [1.29, 1.82) is 0 Å². The first-order valence-corrected chi connectivity index (χ1v) is 7.21. The van der Waals surface area contributed by atoms with E-state index in [9.17, 15) is 8.78 Å². The summed E-state index contributed by atoms with van der Waals surface area (Å²) in [5, 5.41) is -0.727. The number of ether oxygens (including phenoxy) is 1. The third-order valence-electron chi connectivity index (χ3n) is 3.63. The maximum absolute atomic E-state index is 13.9. The van der Waals surface area contributed by atoms with Crippen LogP contribution in [0.3, 0.4) is 0 Å². The van der Waals surface area contributed by atoms with Crippen molar-refractivity contribution in [2.24, 2.45) is 0 Å². The lowest BCUT2D eigenvalue weighted by atomic mass is 9.97. The van der Waals surface area contributed by atoms with E-state index in [1.807, 2.05) is 26.0 Å². The van der Waals surface area contributed by atoms with Crippen molar-refractivity contribution in [3.8, 4) is 5.75 Å². The summed E-state index contributed by atoms with van der Waals surface area (Å²) in [6, 6.07) is 9.59. The zero-order valence-electron chi connectivity index (χ0n) is 11.8. The average molecular weight is 309 g/mol. The molecule has 2 aromatic rings. The summed E-state index contributed by atoms with van der Waals surface area (Å²) in [5.41, 5.74) is 1.68. The van der Waals surface area contributed by atoms with Gasteiger partial charge < -0.3 is 4.74 Å². The number of rotatable bonds is 2. The van der Waals surface area contributed by atoms with Crippen LogP contribution >= 0.6 is 11.6 Å². The molecule has 1 unspecified atom stereocenters. The fourth-order valence-electron chi connectivity index (χ4n) is 2.68. The van der Waals surface area contributed by atoms with Gasteiger partial charge in [-0.15, -0.1) is 11.6 Å². The molecule has 0 fully saturated rings. The number of benzene rings is 2. The van der Waals surface area contributed by atoms with Gasteiger partial charge in [-0.25, -0.2) is 8.78 Å². The maximum Gasteiger partial charge on any atom is 0.163 e. The standard InChI is InChI=1S/C17H15ClF2O/c1-17(2)9-11-8-10(6-7-14(11)21-17)15(18)12-4-3-5-13(19)16(12)20/h3-8,15H,9H2,1-2H3. The Balaban J connectivity index is 1.97. The Bertz CT molecular complexity index is 697. The first-order chi connectivity index (χ1) is 9.87. The normalized spacial score (nSPS) is 17.2. The Morgan fingerprint density at radius 1 is 1.19 bits per heavy atom. The number of halogens is 3. The van der Waals surface area contributed by atoms with Crippen LogP contribution in [0.2, 0.25) is 0 Å². The fraction of sp³-hybridized carbons (Fsp3) is 0.294. The average Bonchev–Trinajstić information content (AvgIpc) is 2.73. The monoisotopic (exact) mass is 308 g/mol. The third-order valence-corrected chi connectivity index (χ3v) is 4.12. The van der Waals surface area contributed by atoms with Gasteiger partial charge >= 0.3 is 0 Å². The Morgan fingerprint density at radius 3 is 2.71 bits per heavy atom. The Hall–Kier alpha value is -1.61. The van der Waals surface area contributed by atoms with Gasteiger partial charge in [0.15, 0.2) is 11.6 Å². The van der Waals surface area contributed by atoms with Crippen LogP contribution < -0.4 is 4.74 Å². The van der Waals surface area contributed by atoms with Crippen LogP contribution in [-0.4, -0.2) is 5.60 Å². The molecular formula is C17H15ClF2O. The molecule has 2 aromatic carbocycles. The molecule has 1 heterocycles. The first kappa shape index (κ1) is 14.3. The van der Waals surface area contributed by atoms with E-state index in [2.05, 4.69) is 0 Å². The Morgan fingerprint density at radius 2 is 1.95 bits per heavy atom. The molecule has 0 radical (unpaired) electrons. The summed E-state index contributed by atoms with van der Waals surface area (Å²) in [4.78, 5) is 0. The van der Waals surface area contributed by atoms with Crippen LogP contribution in [0.25, 0.3) is 0 Å². The predicted molar refractivity (Wildman–Crippen MR) is 78.9 cm³/mol. The molecule has 0 spiro atoms. The van der Waals surface area contributed by atoms with E-state index >= 15 is 0 Å². The fourth-order valence-corrected chi connectivity index (χ4v) is 2.99. The summed E-state index contributed by atoms with van der Waals surface area (Å²) < 4.78 is 33.0. The second kappa shape index (κ2) is 4.99. The van der Waals surface area contributed by atoms with Crippen molar-refractivity contribution < 1.29 is 13.5 Å². The van der Waals surface area contributed by atoms with Gasteiger partial charge in [0.1, 0.15) is 11.4 Å². The molecule has 0 aliphatic carbocycles. The van der Waals surface area contributed by atoms with Crippen LogP contribution in [0.15, 0.2) is 36.4 Å². The largest absolute Gasteiger partial charge is 0.487 e. The highest BCUT2D eigenvalue weighted by Crippen LogP contribution is 2.39. The number of alkyl halides is 1. The van der Waals surface area contributed by atoms with E-state index in [4.69, 9.17) is 16.3 Å². The van der Waals surface area contributed by atoms with Gasteiger partial charge in [-0.05, 0) is 37.1 Å². The van der Waals surface area contributed by atoms with E-state index in [1.54, 1.807) is 6.07 Å². The van der Waals surface area contributed by atoms with Crippen LogP contribution in [0.4, 0.5) is 8.78 Å². The quantitative estimate of drug-likeness (QED) is 0.709. The number of fused-ring (bicyclic) bond motifs is 1. The van der Waals surface area contributed by atoms with Gasteiger partial charge in [0.05, 0.1) is 5.38 Å². The van der Waals surface area contributed by atoms with Crippen molar-refractivity contribution in [3.63, 3.8) is 0 Å². The molecule has 0 saturated heterocycles. The summed E-state index contributed by atoms with van der Waals surface area (Å²) in [7, 11) is 0. The van der Waals surface area contributed by atoms with Crippen molar-refractivity contribution in [2.45, 2.75) is 31.2 Å². The third kappa shape index (κ3) is 2.62. The van der Waals surface area contributed by atoms with E-state index in [-0.39, 0.29) is 11.2 Å². The molecule has 0 bridgehead atoms. The Kier molecular flexibility index (Phi) is 3.40. The molecule has 1 aliphatic rings. The molecule has 0 amide bonds. The highest BCUT2D eigenvalue weighted by molar-refractivity contribution is 6.22. The number of hydrogen-bond acceptors (Lipinski definition) is 1. The van der Waals surface area contributed by atoms with E-state index in [0.29, 0.717) is 0 Å². The van der Waals surface area contributed by atoms with E-state index < -0.39 is 17.0 Å². The molecule has 1 atom stereocenters. The predicted octanol–water partition coefficient (Wildman–Crippen LogP) is 5.01. The van der Waals surface area contributed by atoms with Crippen molar-refractivity contribution >= 4 is 11.6 Å². The van der Waals surface area contributed by atoms with Gasteiger partial charge in [-0.3, -0.25) is 0 Å². The topological polar surface area (TPSA) is 9.23 Å². The van der Waals surface area contributed by atoms with Crippen LogP contribution in [0.5, 0.6) is 5.75 Å². The molecule has 1 aliphatic heterocycles. The van der Waals surface area contributed by atoms with Gasteiger partial charge in [0, 0.05) is 12.0 Å². The van der Waals surface area contributed by atoms with Gasteiger partial charge in [-0.1, -0.05) is 24.3 Å². The van der Waals surface area contributed by atoms with Gasteiger partial charge in [-0.2, -0.15) is 0 Å². The summed E-state index contributed by atoms with van der Waals surface area (Å²) in [6.07, 6.45) is 0.769. The zero-order chi connectivity index (χ0) is 15.2. The Labute approximate surface area is 127 Å². The summed E-state index contributed by atoms with van der Waals surface area (Å²) >= 11 is 6.33. The highest BCUT2D eigenvalue weighted by Gasteiger charge is 2.30. The molecule has 21 heavy (non-hydrogen) atoms. The lowest BCUT2D eigenvalue weighted by Crippen LogP contribution is -2.24. The maximum atomic E-state index is 13.9. The second-order valence-corrected chi connectivity index (χ2v) is 6.35. The highest BCUT2D eigenvalue weighted by atomic mass is 35.5. The van der Waals surface area contributed by atoms with Crippen molar-refractivity contribution in [3.05, 3.63) is 64.7 Å². The molecule has 0 aromatic heterocycles. The van der Waals surface area contributed by atoms with Crippen LogP contribution in [-0.2, 0) is 6.42 Å². The van der Waals surface area contributed by atoms with E-state index in [1.165, 1.54) is 12.1 Å². The van der Waals surface area contributed by atoms with Crippen molar-refractivity contribution in [2.75, 3.05) is 0 Å². The van der Waals surface area contributed by atoms with Crippen LogP contribution in [0.1, 0.15) is 35.9 Å². The molecule has 0 N–H and O–H groups in total. The van der Waals surface area contributed by atoms with Gasteiger partial charge in [0.25, 0.3) is 0 Å². The summed E-state index contributed by atoms with van der Waals surface area (Å²) in [5.74, 6) is -0.953. The summed E-state index contributed by atoms with van der Waals surface area (Å²) in [6.45, 7) is 4.02. The SMILES string of the molecule is CC1(C)Cc2cc(C(Cl)c3cccc(F)c3F)ccc2O1. The first-order valence-electron chi connectivity index (χ1n) is 6.77. The molecule has 1 nitrogen and oxygen atoms in total. The van der Waals surface area contributed by atoms with Crippen molar-refractivity contribution in [1.82, 2.24) is 0 Å².